The van der Waals surface area contributed by atoms with Gasteiger partial charge in [-0.25, -0.2) is 13.8 Å². The summed E-state index contributed by atoms with van der Waals surface area (Å²) >= 11 is 0. The van der Waals surface area contributed by atoms with Gasteiger partial charge in [0.2, 0.25) is 5.91 Å². The Balaban J connectivity index is 2.10. The van der Waals surface area contributed by atoms with Crippen molar-refractivity contribution < 1.29 is 18.3 Å². The van der Waals surface area contributed by atoms with Crippen molar-refractivity contribution in [3.05, 3.63) is 60.4 Å². The normalized spacial score (nSPS) is 10.7. The van der Waals surface area contributed by atoms with Crippen molar-refractivity contribution in [3.63, 3.8) is 0 Å². The maximum absolute atomic E-state index is 14.3. The van der Waals surface area contributed by atoms with Crippen LogP contribution in [0.4, 0.5) is 8.78 Å². The topological polar surface area (TPSA) is 56.1 Å². The van der Waals surface area contributed by atoms with Crippen LogP contribution in [0.3, 0.4) is 0 Å². The van der Waals surface area contributed by atoms with Gasteiger partial charge in [0.15, 0.2) is 17.4 Å². The van der Waals surface area contributed by atoms with Crippen molar-refractivity contribution in [2.24, 2.45) is 0 Å². The van der Waals surface area contributed by atoms with E-state index < -0.39 is 17.4 Å². The minimum Gasteiger partial charge on any atom is -0.491 e. The van der Waals surface area contributed by atoms with E-state index in [1.54, 1.807) is 10.9 Å². The molecule has 7 heteroatoms. The highest BCUT2D eigenvalue weighted by molar-refractivity contribution is 5.79. The molecule has 0 bridgehead atoms. The quantitative estimate of drug-likeness (QED) is 0.720. The number of imidazole rings is 1. The molecule has 1 amide bonds. The van der Waals surface area contributed by atoms with Crippen LogP contribution in [0.25, 0.3) is 22.5 Å². The number of carbonyl (C=O) groups excluding carboxylic acids is 1. The van der Waals surface area contributed by atoms with Crippen LogP contribution in [0.5, 0.6) is 5.75 Å². The average Bonchev–Trinajstić information content (AvgIpc) is 3.06. The molecule has 0 unspecified atom stereocenters. The Morgan fingerprint density at radius 2 is 1.81 bits per heavy atom. The van der Waals surface area contributed by atoms with Crippen LogP contribution in [-0.2, 0) is 11.3 Å². The molecule has 0 saturated heterocycles. The lowest BCUT2D eigenvalue weighted by Gasteiger charge is -2.13. The fourth-order valence-electron chi connectivity index (χ4n) is 2.91. The molecule has 2 aromatic carbocycles. The molecule has 1 N–H and O–H groups in total. The maximum atomic E-state index is 14.3. The Morgan fingerprint density at radius 1 is 1.15 bits per heavy atom. The van der Waals surface area contributed by atoms with Gasteiger partial charge < -0.3 is 14.6 Å². The molecular formula is C20H19F2N3O2. The molecule has 3 aromatic rings. The zero-order valence-electron chi connectivity index (χ0n) is 15.0. The minimum atomic E-state index is -0.791. The summed E-state index contributed by atoms with van der Waals surface area (Å²) < 4.78 is 35.1. The zero-order valence-corrected chi connectivity index (χ0v) is 15.0. The third-order valence-electron chi connectivity index (χ3n) is 4.09. The Morgan fingerprint density at radius 3 is 2.41 bits per heavy atom. The maximum Gasteiger partial charge on any atom is 0.216 e. The van der Waals surface area contributed by atoms with Crippen LogP contribution >= 0.6 is 0 Å². The van der Waals surface area contributed by atoms with Crippen LogP contribution in [0.15, 0.2) is 48.8 Å². The summed E-state index contributed by atoms with van der Waals surface area (Å²) in [6.45, 7) is 2.20. The first-order valence-corrected chi connectivity index (χ1v) is 8.39. The number of aromatic nitrogens is 2. The minimum absolute atomic E-state index is 0.151. The van der Waals surface area contributed by atoms with Gasteiger partial charge in [-0.15, -0.1) is 0 Å². The zero-order chi connectivity index (χ0) is 19.4. The number of rotatable bonds is 6. The third-order valence-corrected chi connectivity index (χ3v) is 4.09. The molecule has 5 nitrogen and oxygen atoms in total. The van der Waals surface area contributed by atoms with Crippen molar-refractivity contribution in [1.82, 2.24) is 14.9 Å². The third kappa shape index (κ3) is 3.97. The van der Waals surface area contributed by atoms with Gasteiger partial charge >= 0.3 is 0 Å². The predicted molar refractivity (Wildman–Crippen MR) is 98.3 cm³/mol. The number of nitrogens with zero attached hydrogens (tertiary/aromatic N) is 2. The van der Waals surface area contributed by atoms with Gasteiger partial charge in [0.1, 0.15) is 0 Å². The van der Waals surface area contributed by atoms with Gasteiger partial charge in [0.25, 0.3) is 0 Å². The van der Waals surface area contributed by atoms with E-state index in [0.29, 0.717) is 30.0 Å². The van der Waals surface area contributed by atoms with Crippen molar-refractivity contribution in [1.29, 1.82) is 0 Å². The van der Waals surface area contributed by atoms with Crippen molar-refractivity contribution in [3.8, 4) is 28.3 Å². The summed E-state index contributed by atoms with van der Waals surface area (Å²) in [5.74, 6) is -2.16. The van der Waals surface area contributed by atoms with Crippen LogP contribution in [-0.4, -0.2) is 29.1 Å². The molecular weight excluding hydrogens is 352 g/mol. The lowest BCUT2D eigenvalue weighted by atomic mass is 10.0. The number of benzene rings is 2. The number of carbonyl (C=O) groups is 1. The van der Waals surface area contributed by atoms with E-state index >= 15 is 0 Å². The number of amides is 1. The van der Waals surface area contributed by atoms with Crippen LogP contribution in [0, 0.1) is 11.6 Å². The molecule has 1 heterocycles. The Bertz CT molecular complexity index is 932. The van der Waals surface area contributed by atoms with E-state index in [0.717, 1.165) is 5.56 Å². The van der Waals surface area contributed by atoms with Crippen molar-refractivity contribution >= 4 is 5.91 Å². The first-order chi connectivity index (χ1) is 13.0. The fraction of sp³-hybridized carbons (Fsp3) is 0.200. The number of hydrogen-bond acceptors (Lipinski definition) is 3. The standard InChI is InChI=1S/C20H19F2N3O2/c1-13(26)23-8-9-25-12-24-18(14-6-4-3-5-7-14)19(25)15-10-16(21)20(27-2)17(22)11-15/h3-7,10-12H,8-9H2,1-2H3,(H,23,26). The first-order valence-electron chi connectivity index (χ1n) is 8.39. The van der Waals surface area contributed by atoms with Gasteiger partial charge in [0.05, 0.1) is 24.8 Å². The van der Waals surface area contributed by atoms with Crippen LogP contribution in [0.1, 0.15) is 6.92 Å². The number of nitrogens with one attached hydrogen (secondary N) is 1. The molecule has 0 aliphatic carbocycles. The van der Waals surface area contributed by atoms with Gasteiger partial charge in [-0.05, 0) is 12.1 Å². The Labute approximate surface area is 155 Å². The molecule has 27 heavy (non-hydrogen) atoms. The molecule has 0 spiro atoms. The van der Waals surface area contributed by atoms with E-state index in [9.17, 15) is 13.6 Å². The molecule has 0 saturated carbocycles. The Hall–Kier alpha value is -3.22. The lowest BCUT2D eigenvalue weighted by molar-refractivity contribution is -0.118. The number of methoxy groups -OCH3 is 1. The SMILES string of the molecule is COc1c(F)cc(-c2c(-c3ccccc3)ncn2CCNC(C)=O)cc1F. The van der Waals surface area contributed by atoms with Crippen molar-refractivity contribution in [2.75, 3.05) is 13.7 Å². The number of ether oxygens (including phenoxy) is 1. The summed E-state index contributed by atoms with van der Waals surface area (Å²) in [5, 5.41) is 2.71. The second-order valence-corrected chi connectivity index (χ2v) is 5.96. The summed E-state index contributed by atoms with van der Waals surface area (Å²) in [6, 6.07) is 11.8. The molecule has 0 aliphatic rings. The highest BCUT2D eigenvalue weighted by atomic mass is 19.1. The molecule has 140 valence electrons. The summed E-state index contributed by atoms with van der Waals surface area (Å²) in [4.78, 5) is 15.6. The number of halogens is 2. The van der Waals surface area contributed by atoms with Gasteiger partial charge in [-0.2, -0.15) is 0 Å². The van der Waals surface area contributed by atoms with E-state index in [1.165, 1.54) is 26.2 Å². The molecule has 3 rings (SSSR count). The average molecular weight is 371 g/mol. The van der Waals surface area contributed by atoms with E-state index in [1.807, 2.05) is 30.3 Å². The highest BCUT2D eigenvalue weighted by Gasteiger charge is 2.19. The first kappa shape index (κ1) is 18.6. The van der Waals surface area contributed by atoms with E-state index in [4.69, 9.17) is 4.74 Å². The predicted octanol–water partition coefficient (Wildman–Crippen LogP) is 3.64. The molecule has 0 fully saturated rings. The lowest BCUT2D eigenvalue weighted by Crippen LogP contribution is -2.24. The largest absolute Gasteiger partial charge is 0.491 e. The summed E-state index contributed by atoms with van der Waals surface area (Å²) in [6.07, 6.45) is 1.60. The van der Waals surface area contributed by atoms with Crippen LogP contribution < -0.4 is 10.1 Å². The monoisotopic (exact) mass is 371 g/mol. The van der Waals surface area contributed by atoms with Crippen LogP contribution in [0.2, 0.25) is 0 Å². The van der Waals surface area contributed by atoms with Gasteiger partial charge in [-0.1, -0.05) is 30.3 Å². The summed E-state index contributed by atoms with van der Waals surface area (Å²) in [7, 11) is 1.22. The highest BCUT2D eigenvalue weighted by Crippen LogP contribution is 2.34. The second kappa shape index (κ2) is 7.99. The van der Waals surface area contributed by atoms with E-state index in [-0.39, 0.29) is 5.91 Å². The van der Waals surface area contributed by atoms with Gasteiger partial charge in [-0.3, -0.25) is 4.79 Å². The Kier molecular flexibility index (Phi) is 5.49. The fourth-order valence-corrected chi connectivity index (χ4v) is 2.91. The number of hydrogen-bond donors (Lipinski definition) is 1. The smallest absolute Gasteiger partial charge is 0.216 e. The van der Waals surface area contributed by atoms with E-state index in [2.05, 4.69) is 10.3 Å². The molecule has 0 radical (unpaired) electrons. The molecule has 1 aromatic heterocycles. The van der Waals surface area contributed by atoms with Crippen molar-refractivity contribution in [2.45, 2.75) is 13.5 Å². The molecule has 0 aliphatic heterocycles. The summed E-state index contributed by atoms with van der Waals surface area (Å²) in [5.41, 5.74) is 2.32. The van der Waals surface area contributed by atoms with Gasteiger partial charge in [0, 0.05) is 31.1 Å². The second-order valence-electron chi connectivity index (χ2n) is 5.96. The molecule has 0 atom stereocenters.